The Morgan fingerprint density at radius 2 is 1.89 bits per heavy atom. The monoisotopic (exact) mass is 264 g/mol. The fourth-order valence-electron chi connectivity index (χ4n) is 2.23. The highest BCUT2D eigenvalue weighted by atomic mass is 16.5. The zero-order chi connectivity index (χ0) is 13.8. The van der Waals surface area contributed by atoms with Crippen molar-refractivity contribution in [2.45, 2.75) is 19.0 Å². The number of ether oxygens (including phenoxy) is 2. The van der Waals surface area contributed by atoms with Crippen LogP contribution in [0, 0.1) is 0 Å². The Hall–Kier alpha value is -1.75. The standard InChI is InChI=1S/C14H20N2O3/c1-16-9-11(6-14(16)17)15-8-10-4-12(18-2)7-13(5-10)19-3/h4-5,7,11,15H,6,8-9H2,1-3H3/t11-/m0/s1. The molecule has 1 fully saturated rings. The topological polar surface area (TPSA) is 50.8 Å². The van der Waals surface area contributed by atoms with Crippen molar-refractivity contribution in [1.29, 1.82) is 0 Å². The number of benzene rings is 1. The zero-order valence-corrected chi connectivity index (χ0v) is 11.6. The minimum Gasteiger partial charge on any atom is -0.497 e. The van der Waals surface area contributed by atoms with Gasteiger partial charge in [-0.1, -0.05) is 0 Å². The average molecular weight is 264 g/mol. The summed E-state index contributed by atoms with van der Waals surface area (Å²) >= 11 is 0. The minimum absolute atomic E-state index is 0.195. The molecule has 0 aromatic heterocycles. The Balaban J connectivity index is 1.97. The molecule has 5 nitrogen and oxygen atoms in total. The number of rotatable bonds is 5. The number of likely N-dealkylation sites (N-methyl/N-ethyl adjacent to an activating group) is 1. The molecule has 104 valence electrons. The first kappa shape index (κ1) is 13.7. The molecule has 1 aromatic carbocycles. The second kappa shape index (κ2) is 5.93. The van der Waals surface area contributed by atoms with Gasteiger partial charge in [-0.05, 0) is 17.7 Å². The summed E-state index contributed by atoms with van der Waals surface area (Å²) in [6.45, 7) is 1.46. The smallest absolute Gasteiger partial charge is 0.224 e. The summed E-state index contributed by atoms with van der Waals surface area (Å²) in [6, 6.07) is 6.00. The van der Waals surface area contributed by atoms with E-state index >= 15 is 0 Å². The normalized spacial score (nSPS) is 18.8. The summed E-state index contributed by atoms with van der Waals surface area (Å²) in [7, 11) is 5.10. The number of nitrogens with one attached hydrogen (secondary N) is 1. The molecule has 0 radical (unpaired) electrons. The predicted octanol–water partition coefficient (Wildman–Crippen LogP) is 1.02. The molecule has 1 aromatic rings. The van der Waals surface area contributed by atoms with Crippen LogP contribution in [0.5, 0.6) is 11.5 Å². The van der Waals surface area contributed by atoms with Crippen LogP contribution >= 0.6 is 0 Å². The molecule has 1 saturated heterocycles. The second-order valence-electron chi connectivity index (χ2n) is 4.78. The van der Waals surface area contributed by atoms with E-state index in [1.807, 2.05) is 25.2 Å². The summed E-state index contributed by atoms with van der Waals surface area (Å²) < 4.78 is 10.5. The lowest BCUT2D eigenvalue weighted by Crippen LogP contribution is -2.31. The molecule has 1 amide bonds. The van der Waals surface area contributed by atoms with Gasteiger partial charge in [0.05, 0.1) is 14.2 Å². The molecule has 0 saturated carbocycles. The van der Waals surface area contributed by atoms with Gasteiger partial charge in [0.1, 0.15) is 11.5 Å². The van der Waals surface area contributed by atoms with Gasteiger partial charge in [0.2, 0.25) is 5.91 Å². The zero-order valence-electron chi connectivity index (χ0n) is 11.6. The molecule has 19 heavy (non-hydrogen) atoms. The molecule has 1 heterocycles. The van der Waals surface area contributed by atoms with E-state index in [0.717, 1.165) is 23.6 Å². The quantitative estimate of drug-likeness (QED) is 0.863. The Bertz CT molecular complexity index is 440. The summed E-state index contributed by atoms with van der Waals surface area (Å²) in [6.07, 6.45) is 0.567. The molecule has 5 heteroatoms. The van der Waals surface area contributed by atoms with Crippen LogP contribution in [-0.2, 0) is 11.3 Å². The van der Waals surface area contributed by atoms with Crippen molar-refractivity contribution in [3.05, 3.63) is 23.8 Å². The summed E-state index contributed by atoms with van der Waals surface area (Å²) in [5, 5.41) is 3.39. The summed E-state index contributed by atoms with van der Waals surface area (Å²) in [5.74, 6) is 1.74. The van der Waals surface area contributed by atoms with Crippen LogP contribution in [0.15, 0.2) is 18.2 Å². The summed E-state index contributed by atoms with van der Waals surface area (Å²) in [5.41, 5.74) is 1.08. The van der Waals surface area contributed by atoms with Gasteiger partial charge in [0.15, 0.2) is 0 Å². The van der Waals surface area contributed by atoms with Gasteiger partial charge in [-0.2, -0.15) is 0 Å². The highest BCUT2D eigenvalue weighted by Crippen LogP contribution is 2.22. The van der Waals surface area contributed by atoms with Crippen LogP contribution in [0.1, 0.15) is 12.0 Å². The molecule has 0 unspecified atom stereocenters. The maximum atomic E-state index is 11.4. The Morgan fingerprint density at radius 3 is 2.37 bits per heavy atom. The van der Waals surface area contributed by atoms with Crippen molar-refractivity contribution in [2.75, 3.05) is 27.8 Å². The van der Waals surface area contributed by atoms with Crippen molar-refractivity contribution in [3.63, 3.8) is 0 Å². The molecule has 1 aliphatic heterocycles. The van der Waals surface area contributed by atoms with Crippen LogP contribution in [0.25, 0.3) is 0 Å². The average Bonchev–Trinajstić information content (AvgIpc) is 2.75. The third kappa shape index (κ3) is 3.38. The number of carbonyl (C=O) groups is 1. The van der Waals surface area contributed by atoms with Gasteiger partial charge >= 0.3 is 0 Å². The lowest BCUT2D eigenvalue weighted by Gasteiger charge is -2.13. The van der Waals surface area contributed by atoms with Gasteiger partial charge in [-0.15, -0.1) is 0 Å². The highest BCUT2D eigenvalue weighted by molar-refractivity contribution is 5.78. The number of nitrogens with zero attached hydrogens (tertiary/aromatic N) is 1. The fraction of sp³-hybridized carbons (Fsp3) is 0.500. The molecular formula is C14H20N2O3. The van der Waals surface area contributed by atoms with Crippen molar-refractivity contribution in [1.82, 2.24) is 10.2 Å². The second-order valence-corrected chi connectivity index (χ2v) is 4.78. The lowest BCUT2D eigenvalue weighted by molar-refractivity contribution is -0.126. The van der Waals surface area contributed by atoms with Gasteiger partial charge in [-0.25, -0.2) is 0 Å². The van der Waals surface area contributed by atoms with Crippen molar-refractivity contribution in [2.24, 2.45) is 0 Å². The number of hydrogen-bond acceptors (Lipinski definition) is 4. The predicted molar refractivity (Wildman–Crippen MR) is 72.4 cm³/mol. The SMILES string of the molecule is COc1cc(CN[C@H]2CC(=O)N(C)C2)cc(OC)c1. The first-order valence-corrected chi connectivity index (χ1v) is 6.31. The third-order valence-electron chi connectivity index (χ3n) is 3.35. The van der Waals surface area contributed by atoms with Crippen LogP contribution in [0.3, 0.4) is 0 Å². The van der Waals surface area contributed by atoms with E-state index < -0.39 is 0 Å². The molecule has 0 bridgehead atoms. The van der Waals surface area contributed by atoms with Crippen LogP contribution in [0.4, 0.5) is 0 Å². The van der Waals surface area contributed by atoms with Gasteiger partial charge in [0.25, 0.3) is 0 Å². The lowest BCUT2D eigenvalue weighted by atomic mass is 10.1. The molecule has 0 aliphatic carbocycles. The minimum atomic E-state index is 0.195. The van der Waals surface area contributed by atoms with Crippen molar-refractivity contribution >= 4 is 5.91 Å². The number of hydrogen-bond donors (Lipinski definition) is 1. The first-order valence-electron chi connectivity index (χ1n) is 6.31. The number of methoxy groups -OCH3 is 2. The highest BCUT2D eigenvalue weighted by Gasteiger charge is 2.25. The molecule has 1 atom stereocenters. The Morgan fingerprint density at radius 1 is 1.26 bits per heavy atom. The van der Waals surface area contributed by atoms with Crippen molar-refractivity contribution in [3.8, 4) is 11.5 Å². The van der Waals surface area contributed by atoms with E-state index in [0.29, 0.717) is 13.0 Å². The number of amides is 1. The largest absolute Gasteiger partial charge is 0.497 e. The molecule has 1 N–H and O–H groups in total. The number of likely N-dealkylation sites (tertiary alicyclic amines) is 1. The van der Waals surface area contributed by atoms with Gasteiger partial charge in [0, 0.05) is 38.7 Å². The Labute approximate surface area is 113 Å². The van der Waals surface area contributed by atoms with Crippen LogP contribution in [-0.4, -0.2) is 44.7 Å². The van der Waals surface area contributed by atoms with Gasteiger partial charge < -0.3 is 19.7 Å². The third-order valence-corrected chi connectivity index (χ3v) is 3.35. The Kier molecular flexibility index (Phi) is 4.27. The molecule has 0 spiro atoms. The molecule has 1 aliphatic rings. The summed E-state index contributed by atoms with van der Waals surface area (Å²) in [4.78, 5) is 13.2. The molecular weight excluding hydrogens is 244 g/mol. The number of carbonyl (C=O) groups excluding carboxylic acids is 1. The van der Waals surface area contributed by atoms with E-state index in [1.54, 1.807) is 19.1 Å². The maximum absolute atomic E-state index is 11.4. The van der Waals surface area contributed by atoms with Crippen LogP contribution < -0.4 is 14.8 Å². The van der Waals surface area contributed by atoms with E-state index in [1.165, 1.54) is 0 Å². The van der Waals surface area contributed by atoms with E-state index in [-0.39, 0.29) is 11.9 Å². The molecule has 2 rings (SSSR count). The van der Waals surface area contributed by atoms with Crippen LogP contribution in [0.2, 0.25) is 0 Å². The fourth-order valence-corrected chi connectivity index (χ4v) is 2.23. The first-order chi connectivity index (χ1) is 9.12. The van der Waals surface area contributed by atoms with Gasteiger partial charge in [-0.3, -0.25) is 4.79 Å². The van der Waals surface area contributed by atoms with E-state index in [9.17, 15) is 4.79 Å². The van der Waals surface area contributed by atoms with E-state index in [4.69, 9.17) is 9.47 Å². The maximum Gasteiger partial charge on any atom is 0.224 e. The van der Waals surface area contributed by atoms with Crippen molar-refractivity contribution < 1.29 is 14.3 Å². The van der Waals surface area contributed by atoms with E-state index in [2.05, 4.69) is 5.32 Å².